The van der Waals surface area contributed by atoms with Gasteiger partial charge in [0.15, 0.2) is 5.65 Å². The van der Waals surface area contributed by atoms with E-state index in [9.17, 15) is 4.79 Å². The molecule has 0 N–H and O–H groups in total. The van der Waals surface area contributed by atoms with Gasteiger partial charge in [-0.15, -0.1) is 0 Å². The second-order valence-electron chi connectivity index (χ2n) is 5.56. The van der Waals surface area contributed by atoms with Gasteiger partial charge < -0.3 is 9.30 Å². The number of ether oxygens (including phenoxy) is 1. The largest absolute Gasteiger partial charge is 0.467 e. The molecule has 7 nitrogen and oxygen atoms in total. The van der Waals surface area contributed by atoms with Gasteiger partial charge in [-0.3, -0.25) is 9.36 Å². The number of hydrogen-bond donors (Lipinski definition) is 0. The molecular formula is C17H15N5O2. The summed E-state index contributed by atoms with van der Waals surface area (Å²) in [6.45, 7) is 0. The summed E-state index contributed by atoms with van der Waals surface area (Å²) >= 11 is 0. The lowest BCUT2D eigenvalue weighted by atomic mass is 10.1. The molecule has 0 fully saturated rings. The number of hydrogen-bond acceptors (Lipinski definition) is 5. The smallest absolute Gasteiger partial charge is 0.318 e. The molecule has 0 bridgehead atoms. The summed E-state index contributed by atoms with van der Waals surface area (Å²) in [5.41, 5.74) is 3.00. The highest BCUT2D eigenvalue weighted by molar-refractivity contribution is 5.95. The lowest BCUT2D eigenvalue weighted by molar-refractivity contribution is 0.381. The number of benzene rings is 1. The van der Waals surface area contributed by atoms with Crippen molar-refractivity contribution < 1.29 is 4.74 Å². The number of aromatic nitrogens is 5. The number of nitrogens with zero attached hydrogens (tertiary/aromatic N) is 5. The van der Waals surface area contributed by atoms with Gasteiger partial charge in [0, 0.05) is 36.8 Å². The molecule has 4 rings (SSSR count). The van der Waals surface area contributed by atoms with E-state index >= 15 is 0 Å². The summed E-state index contributed by atoms with van der Waals surface area (Å²) in [5.74, 6) is 0. The zero-order valence-corrected chi connectivity index (χ0v) is 13.5. The number of para-hydroxylation sites is 1. The van der Waals surface area contributed by atoms with Crippen LogP contribution < -0.4 is 10.3 Å². The van der Waals surface area contributed by atoms with Gasteiger partial charge in [0.2, 0.25) is 0 Å². The molecule has 0 radical (unpaired) electrons. The normalized spacial score (nSPS) is 11.3. The van der Waals surface area contributed by atoms with E-state index in [2.05, 4.69) is 15.0 Å². The molecule has 3 heterocycles. The standard InChI is InChI=1S/C17H15N5O2/c1-21-9-11(10-6-4-5-7-13(10)21)14-16(23)22(2)15-12(19-14)8-18-17(20-15)24-3/h4-9H,1-3H3. The van der Waals surface area contributed by atoms with Crippen LogP contribution in [0, 0.1) is 0 Å². The lowest BCUT2D eigenvalue weighted by Crippen LogP contribution is -2.21. The Labute approximate surface area is 137 Å². The zero-order valence-electron chi connectivity index (χ0n) is 13.5. The Morgan fingerprint density at radius 2 is 1.92 bits per heavy atom. The van der Waals surface area contributed by atoms with E-state index in [1.165, 1.54) is 11.7 Å². The zero-order chi connectivity index (χ0) is 16.8. The minimum Gasteiger partial charge on any atom is -0.467 e. The molecule has 0 aliphatic carbocycles. The lowest BCUT2D eigenvalue weighted by Gasteiger charge is -2.07. The van der Waals surface area contributed by atoms with Crippen LogP contribution in [-0.2, 0) is 14.1 Å². The van der Waals surface area contributed by atoms with E-state index < -0.39 is 0 Å². The number of aryl methyl sites for hydroxylation is 2. The molecule has 0 atom stereocenters. The highest BCUT2D eigenvalue weighted by Crippen LogP contribution is 2.27. The van der Waals surface area contributed by atoms with Crippen molar-refractivity contribution in [3.05, 3.63) is 47.0 Å². The maximum atomic E-state index is 12.8. The summed E-state index contributed by atoms with van der Waals surface area (Å²) in [6.07, 6.45) is 3.49. The average molecular weight is 321 g/mol. The van der Waals surface area contributed by atoms with E-state index in [4.69, 9.17) is 4.74 Å². The predicted octanol–water partition coefficient (Wildman–Crippen LogP) is 1.89. The van der Waals surface area contributed by atoms with Crippen LogP contribution in [0.5, 0.6) is 6.01 Å². The molecule has 0 amide bonds. The third-order valence-electron chi connectivity index (χ3n) is 4.12. The van der Waals surface area contributed by atoms with Crippen LogP contribution in [0.4, 0.5) is 0 Å². The molecule has 7 heteroatoms. The first kappa shape index (κ1) is 14.4. The van der Waals surface area contributed by atoms with Gasteiger partial charge in [-0.25, -0.2) is 9.97 Å². The fourth-order valence-electron chi connectivity index (χ4n) is 2.90. The molecule has 0 spiro atoms. The Morgan fingerprint density at radius 3 is 2.71 bits per heavy atom. The average Bonchev–Trinajstić information content (AvgIpc) is 2.95. The molecule has 0 aliphatic heterocycles. The van der Waals surface area contributed by atoms with Crippen LogP contribution in [0.15, 0.2) is 41.5 Å². The van der Waals surface area contributed by atoms with Crippen molar-refractivity contribution in [3.63, 3.8) is 0 Å². The van der Waals surface area contributed by atoms with Crippen LogP contribution in [0.3, 0.4) is 0 Å². The van der Waals surface area contributed by atoms with Crippen molar-refractivity contribution in [1.29, 1.82) is 0 Å². The molecule has 0 saturated carbocycles. The van der Waals surface area contributed by atoms with Crippen molar-refractivity contribution >= 4 is 22.1 Å². The van der Waals surface area contributed by atoms with Crippen LogP contribution in [0.1, 0.15) is 0 Å². The second kappa shape index (κ2) is 5.16. The van der Waals surface area contributed by atoms with Gasteiger partial charge in [-0.2, -0.15) is 4.98 Å². The van der Waals surface area contributed by atoms with E-state index in [1.807, 2.05) is 42.1 Å². The fourth-order valence-corrected chi connectivity index (χ4v) is 2.90. The van der Waals surface area contributed by atoms with Crippen molar-refractivity contribution in [3.8, 4) is 17.3 Å². The van der Waals surface area contributed by atoms with Crippen LogP contribution in [0.2, 0.25) is 0 Å². The third-order valence-corrected chi connectivity index (χ3v) is 4.12. The maximum absolute atomic E-state index is 12.8. The first-order valence-electron chi connectivity index (χ1n) is 7.42. The monoisotopic (exact) mass is 321 g/mol. The summed E-state index contributed by atoms with van der Waals surface area (Å²) in [7, 11) is 5.11. The van der Waals surface area contributed by atoms with Gasteiger partial charge in [-0.1, -0.05) is 18.2 Å². The van der Waals surface area contributed by atoms with Gasteiger partial charge >= 0.3 is 6.01 Å². The molecule has 1 aromatic carbocycles. The fraction of sp³-hybridized carbons (Fsp3) is 0.176. The Kier molecular flexibility index (Phi) is 3.09. The van der Waals surface area contributed by atoms with Crippen LogP contribution in [0.25, 0.3) is 33.3 Å². The minimum atomic E-state index is -0.209. The van der Waals surface area contributed by atoms with E-state index in [-0.39, 0.29) is 11.6 Å². The topological polar surface area (TPSA) is 74.8 Å². The molecule has 4 aromatic rings. The summed E-state index contributed by atoms with van der Waals surface area (Å²) < 4.78 is 8.49. The van der Waals surface area contributed by atoms with Crippen molar-refractivity contribution in [2.75, 3.05) is 7.11 Å². The summed E-state index contributed by atoms with van der Waals surface area (Å²) in [5, 5.41) is 0.985. The highest BCUT2D eigenvalue weighted by atomic mass is 16.5. The highest BCUT2D eigenvalue weighted by Gasteiger charge is 2.17. The maximum Gasteiger partial charge on any atom is 0.318 e. The van der Waals surface area contributed by atoms with Crippen molar-refractivity contribution in [1.82, 2.24) is 24.1 Å². The van der Waals surface area contributed by atoms with Crippen LogP contribution in [-0.4, -0.2) is 31.2 Å². The van der Waals surface area contributed by atoms with Gasteiger partial charge in [0.1, 0.15) is 11.2 Å². The quantitative estimate of drug-likeness (QED) is 0.563. The van der Waals surface area contributed by atoms with Crippen molar-refractivity contribution in [2.45, 2.75) is 0 Å². The van der Waals surface area contributed by atoms with E-state index in [0.717, 1.165) is 16.5 Å². The minimum absolute atomic E-state index is 0.206. The Morgan fingerprint density at radius 1 is 1.12 bits per heavy atom. The Bertz CT molecular complexity index is 1140. The van der Waals surface area contributed by atoms with Crippen LogP contribution >= 0.6 is 0 Å². The van der Waals surface area contributed by atoms with Crippen molar-refractivity contribution in [2.24, 2.45) is 14.1 Å². The summed E-state index contributed by atoms with van der Waals surface area (Å²) in [6, 6.07) is 8.12. The van der Waals surface area contributed by atoms with Gasteiger partial charge in [0.25, 0.3) is 5.56 Å². The first-order valence-corrected chi connectivity index (χ1v) is 7.42. The first-order chi connectivity index (χ1) is 11.6. The predicted molar refractivity (Wildman–Crippen MR) is 91.0 cm³/mol. The molecule has 120 valence electrons. The Balaban J connectivity index is 2.07. The second-order valence-corrected chi connectivity index (χ2v) is 5.56. The Hall–Kier alpha value is -3.22. The molecule has 3 aromatic heterocycles. The van der Waals surface area contributed by atoms with E-state index in [1.54, 1.807) is 13.2 Å². The molecule has 24 heavy (non-hydrogen) atoms. The number of rotatable bonds is 2. The molecular weight excluding hydrogens is 306 g/mol. The summed E-state index contributed by atoms with van der Waals surface area (Å²) in [4.78, 5) is 25.6. The molecule has 0 saturated heterocycles. The SMILES string of the molecule is COc1ncc2nc(-c3cn(C)c4ccccc34)c(=O)n(C)c2n1. The molecule has 0 aliphatic rings. The van der Waals surface area contributed by atoms with Gasteiger partial charge in [-0.05, 0) is 6.07 Å². The number of methoxy groups -OCH3 is 1. The molecule has 0 unspecified atom stereocenters. The third kappa shape index (κ3) is 1.98. The van der Waals surface area contributed by atoms with E-state index in [0.29, 0.717) is 16.9 Å². The van der Waals surface area contributed by atoms with Gasteiger partial charge in [0.05, 0.1) is 13.3 Å². The number of fused-ring (bicyclic) bond motifs is 2.